The Morgan fingerprint density at radius 2 is 1.31 bits per heavy atom. The molecular formula is C14H31NO. The molecule has 2 nitrogen and oxygen atoms in total. The summed E-state index contributed by atoms with van der Waals surface area (Å²) in [5.74, 6) is 0. The monoisotopic (exact) mass is 229 g/mol. The second-order valence-corrected chi connectivity index (χ2v) is 4.65. The second kappa shape index (κ2) is 13.0. The van der Waals surface area contributed by atoms with Crippen LogP contribution in [0.2, 0.25) is 0 Å². The fourth-order valence-electron chi connectivity index (χ4n) is 1.77. The van der Waals surface area contributed by atoms with Crippen molar-refractivity contribution in [2.24, 2.45) is 5.73 Å². The molecule has 0 bridgehead atoms. The molecule has 98 valence electrons. The van der Waals surface area contributed by atoms with Gasteiger partial charge >= 0.3 is 0 Å². The van der Waals surface area contributed by atoms with Gasteiger partial charge in [0.1, 0.15) is 6.23 Å². The highest BCUT2D eigenvalue weighted by Gasteiger charge is 1.97. The van der Waals surface area contributed by atoms with E-state index >= 15 is 0 Å². The van der Waals surface area contributed by atoms with Crippen molar-refractivity contribution in [3.63, 3.8) is 0 Å². The van der Waals surface area contributed by atoms with Crippen LogP contribution in [-0.4, -0.2) is 12.8 Å². The van der Waals surface area contributed by atoms with Crippen LogP contribution in [0.4, 0.5) is 0 Å². The predicted octanol–water partition coefficient (Wildman–Crippen LogP) is 4.23. The topological polar surface area (TPSA) is 35.2 Å². The van der Waals surface area contributed by atoms with Crippen molar-refractivity contribution in [1.82, 2.24) is 0 Å². The maximum Gasteiger partial charge on any atom is 0.105 e. The zero-order valence-corrected chi connectivity index (χ0v) is 11.3. The van der Waals surface area contributed by atoms with Crippen molar-refractivity contribution >= 4 is 0 Å². The molecule has 0 amide bonds. The van der Waals surface area contributed by atoms with Gasteiger partial charge in [-0.1, -0.05) is 65.2 Å². The van der Waals surface area contributed by atoms with Gasteiger partial charge in [-0.3, -0.25) is 0 Å². The van der Waals surface area contributed by atoms with Crippen molar-refractivity contribution in [3.05, 3.63) is 0 Å². The van der Waals surface area contributed by atoms with Gasteiger partial charge in [0, 0.05) is 6.61 Å². The fourth-order valence-corrected chi connectivity index (χ4v) is 1.77. The van der Waals surface area contributed by atoms with Gasteiger partial charge in [0.05, 0.1) is 0 Å². The zero-order valence-electron chi connectivity index (χ0n) is 11.3. The minimum absolute atomic E-state index is 0.0472. The summed E-state index contributed by atoms with van der Waals surface area (Å²) in [4.78, 5) is 0. The van der Waals surface area contributed by atoms with Gasteiger partial charge in [-0.2, -0.15) is 0 Å². The molecular weight excluding hydrogens is 198 g/mol. The summed E-state index contributed by atoms with van der Waals surface area (Å²) in [5.41, 5.74) is 5.66. The van der Waals surface area contributed by atoms with Crippen LogP contribution in [0, 0.1) is 0 Å². The lowest BCUT2D eigenvalue weighted by atomic mass is 10.1. The third-order valence-electron chi connectivity index (χ3n) is 2.98. The summed E-state index contributed by atoms with van der Waals surface area (Å²) in [6.07, 6.45) is 13.1. The van der Waals surface area contributed by atoms with Gasteiger partial charge < -0.3 is 10.5 Å². The Kier molecular flexibility index (Phi) is 12.9. The van der Waals surface area contributed by atoms with Crippen LogP contribution >= 0.6 is 0 Å². The average molecular weight is 229 g/mol. The molecule has 0 spiro atoms. The molecule has 0 heterocycles. The maximum absolute atomic E-state index is 5.66. The third kappa shape index (κ3) is 12.0. The van der Waals surface area contributed by atoms with Gasteiger partial charge in [-0.25, -0.2) is 0 Å². The first kappa shape index (κ1) is 15.9. The summed E-state index contributed by atoms with van der Waals surface area (Å²) in [6.45, 7) is 5.16. The molecule has 0 aromatic rings. The molecule has 0 aromatic carbocycles. The van der Waals surface area contributed by atoms with E-state index in [1.807, 2.05) is 0 Å². The van der Waals surface area contributed by atoms with E-state index in [4.69, 9.17) is 10.5 Å². The molecule has 1 unspecified atom stereocenters. The first-order chi connectivity index (χ1) is 7.81. The lowest BCUT2D eigenvalue weighted by Gasteiger charge is -2.09. The number of unbranched alkanes of at least 4 members (excludes halogenated alkanes) is 8. The van der Waals surface area contributed by atoms with Gasteiger partial charge in [-0.05, 0) is 12.8 Å². The van der Waals surface area contributed by atoms with E-state index in [2.05, 4.69) is 13.8 Å². The number of hydrogen-bond acceptors (Lipinski definition) is 2. The van der Waals surface area contributed by atoms with Gasteiger partial charge in [-0.15, -0.1) is 0 Å². The molecule has 0 fully saturated rings. The van der Waals surface area contributed by atoms with E-state index in [0.29, 0.717) is 0 Å². The van der Waals surface area contributed by atoms with Gasteiger partial charge in [0.2, 0.25) is 0 Å². The Bertz CT molecular complexity index is 128. The molecule has 0 aliphatic heterocycles. The van der Waals surface area contributed by atoms with Crippen molar-refractivity contribution in [3.8, 4) is 0 Å². The minimum Gasteiger partial charge on any atom is -0.364 e. The molecule has 0 radical (unpaired) electrons. The summed E-state index contributed by atoms with van der Waals surface area (Å²) >= 11 is 0. The minimum atomic E-state index is -0.0472. The van der Waals surface area contributed by atoms with Crippen molar-refractivity contribution in [2.45, 2.75) is 84.3 Å². The fraction of sp³-hybridized carbons (Fsp3) is 1.00. The first-order valence-electron chi connectivity index (χ1n) is 7.18. The number of hydrogen-bond donors (Lipinski definition) is 1. The second-order valence-electron chi connectivity index (χ2n) is 4.65. The highest BCUT2D eigenvalue weighted by molar-refractivity contribution is 4.47. The van der Waals surface area contributed by atoms with E-state index in [1.54, 1.807) is 0 Å². The first-order valence-corrected chi connectivity index (χ1v) is 7.18. The Morgan fingerprint density at radius 3 is 1.81 bits per heavy atom. The van der Waals surface area contributed by atoms with Crippen LogP contribution in [0.15, 0.2) is 0 Å². The zero-order chi connectivity index (χ0) is 12.1. The Labute approximate surface area is 102 Å². The van der Waals surface area contributed by atoms with Crippen LogP contribution in [0.3, 0.4) is 0 Å². The van der Waals surface area contributed by atoms with E-state index in [9.17, 15) is 0 Å². The largest absolute Gasteiger partial charge is 0.364 e. The van der Waals surface area contributed by atoms with E-state index in [0.717, 1.165) is 13.0 Å². The highest BCUT2D eigenvalue weighted by atomic mass is 16.5. The molecule has 1 atom stereocenters. The van der Waals surface area contributed by atoms with Crippen LogP contribution in [-0.2, 0) is 4.74 Å². The third-order valence-corrected chi connectivity index (χ3v) is 2.98. The van der Waals surface area contributed by atoms with Crippen LogP contribution in [0.1, 0.15) is 78.1 Å². The normalized spacial score (nSPS) is 12.9. The highest BCUT2D eigenvalue weighted by Crippen LogP contribution is 2.09. The Balaban J connectivity index is 2.93. The maximum atomic E-state index is 5.66. The smallest absolute Gasteiger partial charge is 0.105 e. The van der Waals surface area contributed by atoms with Crippen molar-refractivity contribution in [1.29, 1.82) is 0 Å². The van der Waals surface area contributed by atoms with Crippen molar-refractivity contribution < 1.29 is 4.74 Å². The molecule has 0 saturated carbocycles. The van der Waals surface area contributed by atoms with E-state index in [-0.39, 0.29) is 6.23 Å². The molecule has 2 heteroatoms. The predicted molar refractivity (Wildman–Crippen MR) is 71.4 cm³/mol. The Morgan fingerprint density at radius 1 is 0.812 bits per heavy atom. The summed E-state index contributed by atoms with van der Waals surface area (Å²) in [6, 6.07) is 0. The van der Waals surface area contributed by atoms with Crippen LogP contribution in [0.25, 0.3) is 0 Å². The summed E-state index contributed by atoms with van der Waals surface area (Å²) < 4.78 is 5.43. The van der Waals surface area contributed by atoms with E-state index in [1.165, 1.54) is 57.8 Å². The molecule has 0 saturated heterocycles. The number of rotatable bonds is 12. The molecule has 2 N–H and O–H groups in total. The Hall–Kier alpha value is -0.0800. The lowest BCUT2D eigenvalue weighted by Crippen LogP contribution is -2.22. The molecule has 0 aliphatic rings. The lowest BCUT2D eigenvalue weighted by molar-refractivity contribution is 0.0526. The quantitative estimate of drug-likeness (QED) is 0.401. The number of ether oxygens (including phenoxy) is 1. The number of nitrogens with two attached hydrogens (primary N) is 1. The molecule has 0 rings (SSSR count). The SMILES string of the molecule is CCCCCCCCCCCOC(N)CC. The van der Waals surface area contributed by atoms with Gasteiger partial charge in [0.15, 0.2) is 0 Å². The van der Waals surface area contributed by atoms with E-state index < -0.39 is 0 Å². The molecule has 0 aliphatic carbocycles. The van der Waals surface area contributed by atoms with Crippen LogP contribution in [0.5, 0.6) is 0 Å². The summed E-state index contributed by atoms with van der Waals surface area (Å²) in [7, 11) is 0. The van der Waals surface area contributed by atoms with Crippen LogP contribution < -0.4 is 5.73 Å². The molecule has 16 heavy (non-hydrogen) atoms. The summed E-state index contributed by atoms with van der Waals surface area (Å²) in [5, 5.41) is 0. The average Bonchev–Trinajstić information content (AvgIpc) is 2.31. The van der Waals surface area contributed by atoms with Crippen molar-refractivity contribution in [2.75, 3.05) is 6.61 Å². The van der Waals surface area contributed by atoms with Gasteiger partial charge in [0.25, 0.3) is 0 Å². The standard InChI is InChI=1S/C14H31NO/c1-3-5-6-7-8-9-10-11-12-13-16-14(15)4-2/h14H,3-13,15H2,1-2H3. The molecule has 0 aromatic heterocycles.